The zero-order chi connectivity index (χ0) is 15.2. The van der Waals surface area contributed by atoms with Crippen LogP contribution in [0.15, 0.2) is 22.8 Å². The second kappa shape index (κ2) is 7.26. The van der Waals surface area contributed by atoms with Crippen LogP contribution in [-0.2, 0) is 4.79 Å². The van der Waals surface area contributed by atoms with Gasteiger partial charge in [0, 0.05) is 12.6 Å². The number of hydrogen-bond donors (Lipinski definition) is 3. The molecule has 1 saturated carbocycles. The Morgan fingerprint density at radius 2 is 2.10 bits per heavy atom. The molecule has 6 heteroatoms. The summed E-state index contributed by atoms with van der Waals surface area (Å²) in [5, 5.41) is 14.6. The molecular formula is C15H22N2O4. The predicted octanol–water partition coefficient (Wildman–Crippen LogP) is 1.07. The standard InChI is InChI=1S/C15H22N2O4/c1-10(16-15(20)13-3-2-8-21-13)14(19)17-12-6-4-11(9-18)5-7-12/h2-3,8,10-12,18H,4-7,9H2,1H3,(H,16,20)(H,17,19). The number of carbonyl (C=O) groups is 2. The van der Waals surface area contributed by atoms with E-state index < -0.39 is 11.9 Å². The quantitative estimate of drug-likeness (QED) is 0.757. The van der Waals surface area contributed by atoms with Gasteiger partial charge in [0.15, 0.2) is 5.76 Å². The molecule has 1 aromatic rings. The fourth-order valence-corrected chi connectivity index (χ4v) is 2.56. The van der Waals surface area contributed by atoms with Crippen LogP contribution in [0.3, 0.4) is 0 Å². The second-order valence-corrected chi connectivity index (χ2v) is 5.58. The highest BCUT2D eigenvalue weighted by Crippen LogP contribution is 2.23. The van der Waals surface area contributed by atoms with E-state index in [4.69, 9.17) is 9.52 Å². The van der Waals surface area contributed by atoms with E-state index in [0.717, 1.165) is 25.7 Å². The Balaban J connectivity index is 1.76. The number of hydrogen-bond acceptors (Lipinski definition) is 4. The number of aliphatic hydroxyl groups is 1. The zero-order valence-corrected chi connectivity index (χ0v) is 12.2. The number of rotatable bonds is 5. The molecule has 2 amide bonds. The van der Waals surface area contributed by atoms with Crippen LogP contribution < -0.4 is 10.6 Å². The fraction of sp³-hybridized carbons (Fsp3) is 0.600. The minimum Gasteiger partial charge on any atom is -0.459 e. The first-order valence-corrected chi connectivity index (χ1v) is 7.35. The normalized spacial score (nSPS) is 23.3. The summed E-state index contributed by atoms with van der Waals surface area (Å²) in [5.74, 6) is -0.0404. The molecule has 1 atom stereocenters. The molecule has 0 aliphatic heterocycles. The average molecular weight is 294 g/mol. The summed E-state index contributed by atoms with van der Waals surface area (Å²) in [7, 11) is 0. The molecule has 1 fully saturated rings. The Hall–Kier alpha value is -1.82. The predicted molar refractivity (Wildman–Crippen MR) is 76.6 cm³/mol. The minimum atomic E-state index is -0.613. The number of nitrogens with one attached hydrogen (secondary N) is 2. The summed E-state index contributed by atoms with van der Waals surface area (Å²) in [6.45, 7) is 1.87. The van der Waals surface area contributed by atoms with E-state index in [1.54, 1.807) is 19.1 Å². The molecule has 0 saturated heterocycles. The third-order valence-electron chi connectivity index (χ3n) is 3.94. The van der Waals surface area contributed by atoms with Crippen molar-refractivity contribution in [2.24, 2.45) is 5.92 Å². The van der Waals surface area contributed by atoms with Crippen molar-refractivity contribution >= 4 is 11.8 Å². The van der Waals surface area contributed by atoms with Gasteiger partial charge in [-0.2, -0.15) is 0 Å². The smallest absolute Gasteiger partial charge is 0.287 e. The molecule has 6 nitrogen and oxygen atoms in total. The van der Waals surface area contributed by atoms with Gasteiger partial charge in [-0.15, -0.1) is 0 Å². The first-order valence-electron chi connectivity index (χ1n) is 7.35. The van der Waals surface area contributed by atoms with E-state index in [2.05, 4.69) is 10.6 Å². The molecule has 0 bridgehead atoms. The highest BCUT2D eigenvalue weighted by molar-refractivity contribution is 5.95. The van der Waals surface area contributed by atoms with Gasteiger partial charge in [0.2, 0.25) is 5.91 Å². The maximum absolute atomic E-state index is 12.1. The Morgan fingerprint density at radius 1 is 1.38 bits per heavy atom. The van der Waals surface area contributed by atoms with Crippen LogP contribution in [0.25, 0.3) is 0 Å². The Morgan fingerprint density at radius 3 is 2.67 bits per heavy atom. The molecule has 3 N–H and O–H groups in total. The maximum Gasteiger partial charge on any atom is 0.287 e. The third kappa shape index (κ3) is 4.32. The lowest BCUT2D eigenvalue weighted by Gasteiger charge is -2.28. The van der Waals surface area contributed by atoms with E-state index in [1.807, 2.05) is 0 Å². The average Bonchev–Trinajstić information content (AvgIpc) is 3.02. The molecule has 0 spiro atoms. The van der Waals surface area contributed by atoms with Crippen molar-refractivity contribution in [1.82, 2.24) is 10.6 Å². The lowest BCUT2D eigenvalue weighted by Crippen LogP contribution is -2.48. The molecule has 0 radical (unpaired) electrons. The number of aliphatic hydroxyl groups excluding tert-OH is 1. The molecule has 1 aliphatic carbocycles. The molecule has 0 aromatic carbocycles. The number of furan rings is 1. The Kier molecular flexibility index (Phi) is 5.38. The molecule has 1 aromatic heterocycles. The topological polar surface area (TPSA) is 91.6 Å². The molecule has 2 rings (SSSR count). The molecular weight excluding hydrogens is 272 g/mol. The van der Waals surface area contributed by atoms with Crippen molar-refractivity contribution in [3.8, 4) is 0 Å². The van der Waals surface area contributed by atoms with Crippen LogP contribution in [0.5, 0.6) is 0 Å². The maximum atomic E-state index is 12.1. The first kappa shape index (κ1) is 15.6. The lowest BCUT2D eigenvalue weighted by atomic mass is 9.86. The highest BCUT2D eigenvalue weighted by Gasteiger charge is 2.24. The van der Waals surface area contributed by atoms with E-state index in [9.17, 15) is 9.59 Å². The minimum absolute atomic E-state index is 0.128. The SMILES string of the molecule is CC(NC(=O)c1ccco1)C(=O)NC1CCC(CO)CC1. The highest BCUT2D eigenvalue weighted by atomic mass is 16.3. The van der Waals surface area contributed by atoms with Gasteiger partial charge < -0.3 is 20.2 Å². The van der Waals surface area contributed by atoms with Crippen molar-refractivity contribution in [2.45, 2.75) is 44.7 Å². The van der Waals surface area contributed by atoms with Gasteiger partial charge in [0.05, 0.1) is 6.26 Å². The summed E-state index contributed by atoms with van der Waals surface area (Å²) < 4.78 is 4.98. The van der Waals surface area contributed by atoms with Crippen molar-refractivity contribution in [2.75, 3.05) is 6.61 Å². The molecule has 21 heavy (non-hydrogen) atoms. The van der Waals surface area contributed by atoms with Gasteiger partial charge >= 0.3 is 0 Å². The van der Waals surface area contributed by atoms with Crippen LogP contribution in [0.2, 0.25) is 0 Å². The van der Waals surface area contributed by atoms with Gasteiger partial charge in [-0.25, -0.2) is 0 Å². The van der Waals surface area contributed by atoms with Gasteiger partial charge in [0.25, 0.3) is 5.91 Å². The summed E-state index contributed by atoms with van der Waals surface area (Å²) >= 11 is 0. The molecule has 1 unspecified atom stereocenters. The number of carbonyl (C=O) groups excluding carboxylic acids is 2. The largest absolute Gasteiger partial charge is 0.459 e. The summed E-state index contributed by atoms with van der Waals surface area (Å²) in [6.07, 6.45) is 5.01. The number of amides is 2. The monoisotopic (exact) mass is 294 g/mol. The summed E-state index contributed by atoms with van der Waals surface area (Å²) in [5.41, 5.74) is 0. The molecule has 116 valence electrons. The lowest BCUT2D eigenvalue weighted by molar-refractivity contribution is -0.123. The van der Waals surface area contributed by atoms with Gasteiger partial charge in [0.1, 0.15) is 6.04 Å². The van der Waals surface area contributed by atoms with Gasteiger partial charge in [-0.1, -0.05) is 0 Å². The Bertz CT molecular complexity index is 464. The van der Waals surface area contributed by atoms with E-state index in [-0.39, 0.29) is 24.3 Å². The van der Waals surface area contributed by atoms with E-state index in [0.29, 0.717) is 5.92 Å². The van der Waals surface area contributed by atoms with E-state index in [1.165, 1.54) is 6.26 Å². The zero-order valence-electron chi connectivity index (χ0n) is 12.2. The van der Waals surface area contributed by atoms with Crippen molar-refractivity contribution in [3.05, 3.63) is 24.2 Å². The Labute approximate surface area is 123 Å². The third-order valence-corrected chi connectivity index (χ3v) is 3.94. The van der Waals surface area contributed by atoms with Crippen LogP contribution in [0.1, 0.15) is 43.2 Å². The van der Waals surface area contributed by atoms with Gasteiger partial charge in [-0.05, 0) is 50.7 Å². The fourth-order valence-electron chi connectivity index (χ4n) is 2.56. The van der Waals surface area contributed by atoms with Gasteiger partial charge in [-0.3, -0.25) is 9.59 Å². The van der Waals surface area contributed by atoms with Crippen LogP contribution in [0.4, 0.5) is 0 Å². The molecule has 1 heterocycles. The summed E-state index contributed by atoms with van der Waals surface area (Å²) in [4.78, 5) is 23.8. The van der Waals surface area contributed by atoms with Crippen molar-refractivity contribution in [1.29, 1.82) is 0 Å². The van der Waals surface area contributed by atoms with Crippen molar-refractivity contribution in [3.63, 3.8) is 0 Å². The van der Waals surface area contributed by atoms with Crippen LogP contribution in [-0.4, -0.2) is 35.6 Å². The van der Waals surface area contributed by atoms with E-state index >= 15 is 0 Å². The first-order chi connectivity index (χ1) is 10.1. The van der Waals surface area contributed by atoms with Crippen LogP contribution >= 0.6 is 0 Å². The second-order valence-electron chi connectivity index (χ2n) is 5.58. The molecule has 1 aliphatic rings. The van der Waals surface area contributed by atoms with Crippen LogP contribution in [0, 0.1) is 5.92 Å². The summed E-state index contributed by atoms with van der Waals surface area (Å²) in [6, 6.07) is 2.69. The van der Waals surface area contributed by atoms with Crippen molar-refractivity contribution < 1.29 is 19.1 Å².